The molecule has 0 aliphatic heterocycles. The van der Waals surface area contributed by atoms with E-state index in [-0.39, 0.29) is 0 Å². The highest BCUT2D eigenvalue weighted by Gasteiger charge is 2.20. The van der Waals surface area contributed by atoms with Crippen molar-refractivity contribution in [1.82, 2.24) is 4.98 Å². The monoisotopic (exact) mass is 268 g/mol. The normalized spacial score (nSPS) is 17.4. The van der Waals surface area contributed by atoms with Gasteiger partial charge in [0.1, 0.15) is 0 Å². The van der Waals surface area contributed by atoms with Crippen LogP contribution in [0.2, 0.25) is 0 Å². The lowest BCUT2D eigenvalue weighted by Gasteiger charge is -2.27. The third-order valence-corrected chi connectivity index (χ3v) is 3.75. The first-order chi connectivity index (χ1) is 9.88. The van der Waals surface area contributed by atoms with E-state index >= 15 is 0 Å². The predicted octanol–water partition coefficient (Wildman–Crippen LogP) is 3.97. The average molecular weight is 268 g/mol. The number of aryl methyl sites for hydroxylation is 1. The molecule has 3 heteroatoms. The Morgan fingerprint density at radius 3 is 3.05 bits per heavy atom. The molecule has 1 aromatic heterocycles. The predicted molar refractivity (Wildman–Crippen MR) is 81.1 cm³/mol. The van der Waals surface area contributed by atoms with Crippen LogP contribution in [0.15, 0.2) is 42.6 Å². The zero-order chi connectivity index (χ0) is 13.8. The first-order valence-electron chi connectivity index (χ1n) is 7.30. The molecule has 1 atom stereocenters. The van der Waals surface area contributed by atoms with Crippen LogP contribution in [-0.4, -0.2) is 11.6 Å². The number of nitrogens with one attached hydrogen (secondary N) is 1. The third kappa shape index (κ3) is 2.62. The van der Waals surface area contributed by atoms with Crippen molar-refractivity contribution in [2.75, 3.05) is 11.9 Å². The number of hydrogen-bond acceptors (Lipinski definition) is 3. The molecule has 0 saturated heterocycles. The van der Waals surface area contributed by atoms with E-state index in [4.69, 9.17) is 4.74 Å². The van der Waals surface area contributed by atoms with Gasteiger partial charge in [-0.3, -0.25) is 0 Å². The van der Waals surface area contributed by atoms with Crippen LogP contribution in [0.5, 0.6) is 5.88 Å². The topological polar surface area (TPSA) is 34.1 Å². The van der Waals surface area contributed by atoms with Crippen molar-refractivity contribution >= 4 is 5.69 Å². The lowest BCUT2D eigenvalue weighted by atomic mass is 9.87. The van der Waals surface area contributed by atoms with E-state index in [2.05, 4.69) is 34.6 Å². The molecule has 0 fully saturated rings. The van der Waals surface area contributed by atoms with E-state index in [1.807, 2.05) is 19.1 Å². The molecule has 20 heavy (non-hydrogen) atoms. The van der Waals surface area contributed by atoms with Crippen LogP contribution in [0.1, 0.15) is 36.9 Å². The molecule has 1 aliphatic carbocycles. The van der Waals surface area contributed by atoms with Crippen molar-refractivity contribution in [3.63, 3.8) is 0 Å². The van der Waals surface area contributed by atoms with Crippen LogP contribution in [0.3, 0.4) is 0 Å². The number of rotatable bonds is 4. The second-order valence-electron chi connectivity index (χ2n) is 5.08. The van der Waals surface area contributed by atoms with Gasteiger partial charge in [-0.05, 0) is 49.4 Å². The molecule has 104 valence electrons. The maximum absolute atomic E-state index is 5.59. The molecule has 0 saturated carbocycles. The molecule has 0 radical (unpaired) electrons. The van der Waals surface area contributed by atoms with E-state index in [1.54, 1.807) is 6.20 Å². The molecule has 1 heterocycles. The molecule has 1 aromatic carbocycles. The van der Waals surface area contributed by atoms with E-state index in [0.717, 1.165) is 12.1 Å². The Balaban J connectivity index is 1.86. The Bertz CT molecular complexity index is 583. The van der Waals surface area contributed by atoms with E-state index in [1.165, 1.54) is 24.0 Å². The van der Waals surface area contributed by atoms with Crippen molar-refractivity contribution in [3.8, 4) is 5.88 Å². The highest BCUT2D eigenvalue weighted by Crippen LogP contribution is 2.34. The number of hydrogen-bond donors (Lipinski definition) is 1. The molecular formula is C17H20N2O. The SMILES string of the molecule is CCOc1ncccc1NC1CCCc2ccccc21. The third-order valence-electron chi connectivity index (χ3n) is 3.75. The average Bonchev–Trinajstić information content (AvgIpc) is 2.50. The Kier molecular flexibility index (Phi) is 3.86. The minimum absolute atomic E-state index is 0.350. The number of nitrogens with zero attached hydrogens (tertiary/aromatic N) is 1. The van der Waals surface area contributed by atoms with Crippen LogP contribution >= 0.6 is 0 Å². The summed E-state index contributed by atoms with van der Waals surface area (Å²) in [5, 5.41) is 3.60. The van der Waals surface area contributed by atoms with Gasteiger partial charge in [-0.1, -0.05) is 24.3 Å². The molecule has 1 unspecified atom stereocenters. The van der Waals surface area contributed by atoms with Gasteiger partial charge in [0.2, 0.25) is 5.88 Å². The minimum Gasteiger partial charge on any atom is -0.476 e. The summed E-state index contributed by atoms with van der Waals surface area (Å²) in [5.74, 6) is 0.693. The molecule has 3 nitrogen and oxygen atoms in total. The van der Waals surface area contributed by atoms with Crippen molar-refractivity contribution in [3.05, 3.63) is 53.7 Å². The fraction of sp³-hybridized carbons (Fsp3) is 0.353. The maximum Gasteiger partial charge on any atom is 0.237 e. The molecule has 1 N–H and O–H groups in total. The van der Waals surface area contributed by atoms with Crippen molar-refractivity contribution in [2.45, 2.75) is 32.2 Å². The Hall–Kier alpha value is -2.03. The molecule has 1 aliphatic rings. The quantitative estimate of drug-likeness (QED) is 0.911. The van der Waals surface area contributed by atoms with Gasteiger partial charge < -0.3 is 10.1 Å². The van der Waals surface area contributed by atoms with Gasteiger partial charge in [0, 0.05) is 6.20 Å². The summed E-state index contributed by atoms with van der Waals surface area (Å²) in [6.45, 7) is 2.61. The molecule has 0 amide bonds. The van der Waals surface area contributed by atoms with Gasteiger partial charge in [-0.25, -0.2) is 4.98 Å². The number of aromatic nitrogens is 1. The molecular weight excluding hydrogens is 248 g/mol. The summed E-state index contributed by atoms with van der Waals surface area (Å²) >= 11 is 0. The van der Waals surface area contributed by atoms with Crippen LogP contribution in [0, 0.1) is 0 Å². The smallest absolute Gasteiger partial charge is 0.237 e. The molecule has 2 aromatic rings. The summed E-state index contributed by atoms with van der Waals surface area (Å²) < 4.78 is 5.59. The van der Waals surface area contributed by atoms with E-state index < -0.39 is 0 Å². The number of fused-ring (bicyclic) bond motifs is 1. The fourth-order valence-corrected chi connectivity index (χ4v) is 2.84. The van der Waals surface area contributed by atoms with Crippen LogP contribution in [0.4, 0.5) is 5.69 Å². The van der Waals surface area contributed by atoms with Gasteiger partial charge in [0.15, 0.2) is 0 Å². The van der Waals surface area contributed by atoms with Crippen molar-refractivity contribution in [2.24, 2.45) is 0 Å². The van der Waals surface area contributed by atoms with E-state index in [9.17, 15) is 0 Å². The summed E-state index contributed by atoms with van der Waals surface area (Å²) in [5.41, 5.74) is 3.85. The number of benzene rings is 1. The zero-order valence-electron chi connectivity index (χ0n) is 11.8. The summed E-state index contributed by atoms with van der Waals surface area (Å²) in [6, 6.07) is 13.0. The first kappa shape index (κ1) is 13.0. The maximum atomic E-state index is 5.59. The second kappa shape index (κ2) is 5.95. The Morgan fingerprint density at radius 1 is 1.25 bits per heavy atom. The highest BCUT2D eigenvalue weighted by molar-refractivity contribution is 5.54. The fourth-order valence-electron chi connectivity index (χ4n) is 2.84. The molecule has 3 rings (SSSR count). The van der Waals surface area contributed by atoms with Crippen LogP contribution in [-0.2, 0) is 6.42 Å². The Morgan fingerprint density at radius 2 is 2.15 bits per heavy atom. The highest BCUT2D eigenvalue weighted by atomic mass is 16.5. The Labute approximate surface area is 120 Å². The summed E-state index contributed by atoms with van der Waals surface area (Å²) in [6.07, 6.45) is 5.32. The van der Waals surface area contributed by atoms with Crippen LogP contribution < -0.4 is 10.1 Å². The van der Waals surface area contributed by atoms with Gasteiger partial charge in [-0.15, -0.1) is 0 Å². The van der Waals surface area contributed by atoms with Crippen LogP contribution in [0.25, 0.3) is 0 Å². The summed E-state index contributed by atoms with van der Waals surface area (Å²) in [4.78, 5) is 4.31. The summed E-state index contributed by atoms with van der Waals surface area (Å²) in [7, 11) is 0. The number of ether oxygens (including phenoxy) is 1. The first-order valence-corrected chi connectivity index (χ1v) is 7.30. The standard InChI is InChI=1S/C17H20N2O/c1-2-20-17-16(11-6-12-18-17)19-15-10-5-8-13-7-3-4-9-14(13)15/h3-4,6-7,9,11-12,15,19H,2,5,8,10H2,1H3. The number of anilines is 1. The number of pyridine rings is 1. The molecule has 0 bridgehead atoms. The second-order valence-corrected chi connectivity index (χ2v) is 5.08. The minimum atomic E-state index is 0.350. The molecule has 0 spiro atoms. The van der Waals surface area contributed by atoms with Gasteiger partial charge in [-0.2, -0.15) is 0 Å². The van der Waals surface area contributed by atoms with Gasteiger partial charge in [0.25, 0.3) is 0 Å². The zero-order valence-corrected chi connectivity index (χ0v) is 11.8. The van der Waals surface area contributed by atoms with Crippen molar-refractivity contribution < 1.29 is 4.74 Å². The van der Waals surface area contributed by atoms with Gasteiger partial charge in [0.05, 0.1) is 18.3 Å². The largest absolute Gasteiger partial charge is 0.476 e. The van der Waals surface area contributed by atoms with Gasteiger partial charge >= 0.3 is 0 Å². The van der Waals surface area contributed by atoms with Crippen molar-refractivity contribution in [1.29, 1.82) is 0 Å². The lowest BCUT2D eigenvalue weighted by Crippen LogP contribution is -2.18. The lowest BCUT2D eigenvalue weighted by molar-refractivity contribution is 0.328. The van der Waals surface area contributed by atoms with E-state index in [0.29, 0.717) is 18.5 Å².